The lowest BCUT2D eigenvalue weighted by Crippen LogP contribution is -2.17. The third-order valence-electron chi connectivity index (χ3n) is 4.93. The second-order valence-corrected chi connectivity index (χ2v) is 8.25. The van der Waals surface area contributed by atoms with Gasteiger partial charge in [0.1, 0.15) is 5.82 Å². The fourth-order valence-electron chi connectivity index (χ4n) is 3.26. The zero-order chi connectivity index (χ0) is 18.6. The molecule has 148 valence electrons. The van der Waals surface area contributed by atoms with Crippen molar-refractivity contribution in [3.63, 3.8) is 0 Å². The molecule has 0 spiro atoms. The highest BCUT2D eigenvalue weighted by atomic mass is 35.5. The standard InChI is InChI=1S/C21H30N4O.ClH/c1-21(2,3)18-13-19(23-20(26)10-9-16-11-12-22-14-16)25(24-18)15-17-7-5-4-6-8-17;/h4-8,13,16,22H,9-12,14-15H2,1-3H3,(H,23,26);1H. The Morgan fingerprint density at radius 1 is 1.30 bits per heavy atom. The molecule has 1 aromatic heterocycles. The Morgan fingerprint density at radius 2 is 2.04 bits per heavy atom. The molecule has 1 aliphatic heterocycles. The Bertz CT molecular complexity index is 730. The molecule has 2 heterocycles. The van der Waals surface area contributed by atoms with Crippen LogP contribution < -0.4 is 10.6 Å². The molecule has 0 aliphatic carbocycles. The number of benzene rings is 1. The van der Waals surface area contributed by atoms with Gasteiger partial charge in [-0.05, 0) is 37.4 Å². The van der Waals surface area contributed by atoms with Gasteiger partial charge in [0.05, 0.1) is 12.2 Å². The maximum absolute atomic E-state index is 12.5. The maximum Gasteiger partial charge on any atom is 0.225 e. The quantitative estimate of drug-likeness (QED) is 0.784. The van der Waals surface area contributed by atoms with E-state index in [1.165, 1.54) is 12.0 Å². The van der Waals surface area contributed by atoms with Crippen LogP contribution in [-0.2, 0) is 16.8 Å². The summed E-state index contributed by atoms with van der Waals surface area (Å²) in [6.45, 7) is 9.18. The minimum Gasteiger partial charge on any atom is -0.316 e. The van der Waals surface area contributed by atoms with Crippen molar-refractivity contribution in [1.29, 1.82) is 0 Å². The molecule has 1 atom stereocenters. The van der Waals surface area contributed by atoms with Crippen molar-refractivity contribution < 1.29 is 4.79 Å². The summed E-state index contributed by atoms with van der Waals surface area (Å²) in [7, 11) is 0. The number of nitrogens with zero attached hydrogens (tertiary/aromatic N) is 2. The average molecular weight is 391 g/mol. The second kappa shape index (κ2) is 9.38. The summed E-state index contributed by atoms with van der Waals surface area (Å²) in [5, 5.41) is 11.2. The Hall–Kier alpha value is -1.85. The summed E-state index contributed by atoms with van der Waals surface area (Å²) < 4.78 is 1.91. The van der Waals surface area contributed by atoms with Gasteiger partial charge < -0.3 is 10.6 Å². The van der Waals surface area contributed by atoms with E-state index < -0.39 is 0 Å². The van der Waals surface area contributed by atoms with Gasteiger partial charge in [-0.25, -0.2) is 4.68 Å². The second-order valence-electron chi connectivity index (χ2n) is 8.25. The lowest BCUT2D eigenvalue weighted by Gasteiger charge is -2.14. The zero-order valence-electron chi connectivity index (χ0n) is 16.5. The van der Waals surface area contributed by atoms with Gasteiger partial charge in [-0.1, -0.05) is 51.1 Å². The summed E-state index contributed by atoms with van der Waals surface area (Å²) in [4.78, 5) is 12.5. The predicted molar refractivity (Wildman–Crippen MR) is 113 cm³/mol. The van der Waals surface area contributed by atoms with Crippen molar-refractivity contribution in [1.82, 2.24) is 15.1 Å². The molecule has 6 heteroatoms. The predicted octanol–water partition coefficient (Wildman–Crippen LogP) is 3.98. The van der Waals surface area contributed by atoms with Crippen LogP contribution in [0.25, 0.3) is 0 Å². The summed E-state index contributed by atoms with van der Waals surface area (Å²) in [5.74, 6) is 1.49. The van der Waals surface area contributed by atoms with E-state index in [4.69, 9.17) is 5.10 Å². The molecular weight excluding hydrogens is 360 g/mol. The molecule has 1 aliphatic rings. The molecule has 1 fully saturated rings. The molecular formula is C21H31ClN4O. The average Bonchev–Trinajstić information content (AvgIpc) is 3.24. The summed E-state index contributed by atoms with van der Waals surface area (Å²) >= 11 is 0. The number of halogens is 1. The number of hydrogen-bond acceptors (Lipinski definition) is 3. The van der Waals surface area contributed by atoms with Crippen molar-refractivity contribution >= 4 is 24.1 Å². The molecule has 0 radical (unpaired) electrons. The van der Waals surface area contributed by atoms with Crippen LogP contribution in [-0.4, -0.2) is 28.8 Å². The first-order valence-electron chi connectivity index (χ1n) is 9.54. The van der Waals surface area contributed by atoms with Crippen LogP contribution in [0.15, 0.2) is 36.4 Å². The van der Waals surface area contributed by atoms with Gasteiger partial charge in [0.25, 0.3) is 0 Å². The van der Waals surface area contributed by atoms with Crippen molar-refractivity contribution in [2.45, 2.75) is 52.0 Å². The van der Waals surface area contributed by atoms with E-state index in [1.807, 2.05) is 28.9 Å². The lowest BCUT2D eigenvalue weighted by molar-refractivity contribution is -0.116. The number of rotatable bonds is 6. The van der Waals surface area contributed by atoms with Crippen LogP contribution in [0.5, 0.6) is 0 Å². The van der Waals surface area contributed by atoms with Crippen molar-refractivity contribution in [3.05, 3.63) is 47.7 Å². The molecule has 1 amide bonds. The first-order chi connectivity index (χ1) is 12.4. The molecule has 3 rings (SSSR count). The highest BCUT2D eigenvalue weighted by molar-refractivity contribution is 5.89. The normalized spacial score (nSPS) is 16.8. The fraction of sp³-hybridized carbons (Fsp3) is 0.524. The van der Waals surface area contributed by atoms with Gasteiger partial charge in [0, 0.05) is 17.9 Å². The van der Waals surface area contributed by atoms with Crippen molar-refractivity contribution in [2.75, 3.05) is 18.4 Å². The van der Waals surface area contributed by atoms with Gasteiger partial charge in [0.2, 0.25) is 5.91 Å². The highest BCUT2D eigenvalue weighted by Crippen LogP contribution is 2.25. The van der Waals surface area contributed by atoms with E-state index in [-0.39, 0.29) is 23.7 Å². The summed E-state index contributed by atoms with van der Waals surface area (Å²) in [5.41, 5.74) is 2.10. The molecule has 1 aromatic carbocycles. The number of nitrogens with one attached hydrogen (secondary N) is 2. The van der Waals surface area contributed by atoms with Crippen LogP contribution in [0.2, 0.25) is 0 Å². The van der Waals surface area contributed by atoms with Crippen LogP contribution in [0.3, 0.4) is 0 Å². The van der Waals surface area contributed by atoms with E-state index in [2.05, 4.69) is 43.5 Å². The van der Waals surface area contributed by atoms with Gasteiger partial charge in [-0.15, -0.1) is 12.4 Å². The Kier molecular flexibility index (Phi) is 7.45. The molecule has 5 nitrogen and oxygen atoms in total. The number of anilines is 1. The number of hydrogen-bond donors (Lipinski definition) is 2. The minimum absolute atomic E-state index is 0. The van der Waals surface area contributed by atoms with E-state index >= 15 is 0 Å². The summed E-state index contributed by atoms with van der Waals surface area (Å²) in [6, 6.07) is 12.2. The molecule has 2 aromatic rings. The van der Waals surface area contributed by atoms with Crippen LogP contribution in [0.4, 0.5) is 5.82 Å². The van der Waals surface area contributed by atoms with Gasteiger partial charge in [-0.2, -0.15) is 5.10 Å². The summed E-state index contributed by atoms with van der Waals surface area (Å²) in [6.07, 6.45) is 2.68. The maximum atomic E-state index is 12.5. The molecule has 0 saturated carbocycles. The number of aromatic nitrogens is 2. The largest absolute Gasteiger partial charge is 0.316 e. The van der Waals surface area contributed by atoms with E-state index in [9.17, 15) is 4.79 Å². The number of carbonyl (C=O) groups is 1. The number of carbonyl (C=O) groups excluding carboxylic acids is 1. The van der Waals surface area contributed by atoms with E-state index in [0.29, 0.717) is 18.9 Å². The number of amides is 1. The fourth-order valence-corrected chi connectivity index (χ4v) is 3.26. The zero-order valence-corrected chi connectivity index (χ0v) is 17.3. The Balaban J connectivity index is 0.00000261. The van der Waals surface area contributed by atoms with Gasteiger partial charge >= 0.3 is 0 Å². The molecule has 1 unspecified atom stereocenters. The topological polar surface area (TPSA) is 59.0 Å². The van der Waals surface area contributed by atoms with Crippen LogP contribution >= 0.6 is 12.4 Å². The van der Waals surface area contributed by atoms with Crippen LogP contribution in [0, 0.1) is 5.92 Å². The first kappa shape index (κ1) is 21.5. The van der Waals surface area contributed by atoms with Crippen molar-refractivity contribution in [2.24, 2.45) is 5.92 Å². The molecule has 27 heavy (non-hydrogen) atoms. The van der Waals surface area contributed by atoms with Gasteiger partial charge in [0.15, 0.2) is 0 Å². The highest BCUT2D eigenvalue weighted by Gasteiger charge is 2.21. The SMILES string of the molecule is CC(C)(C)c1cc(NC(=O)CCC2CCNC2)n(Cc2ccccc2)n1.Cl. The van der Waals surface area contributed by atoms with Gasteiger partial charge in [-0.3, -0.25) is 4.79 Å². The third-order valence-corrected chi connectivity index (χ3v) is 4.93. The Labute approximate surface area is 168 Å². The molecule has 1 saturated heterocycles. The van der Waals surface area contributed by atoms with Crippen LogP contribution in [0.1, 0.15) is 51.3 Å². The molecule has 2 N–H and O–H groups in total. The minimum atomic E-state index is -0.0586. The Morgan fingerprint density at radius 3 is 2.67 bits per heavy atom. The lowest BCUT2D eigenvalue weighted by atomic mass is 9.92. The smallest absolute Gasteiger partial charge is 0.225 e. The third kappa shape index (κ3) is 6.08. The van der Waals surface area contributed by atoms with E-state index in [1.54, 1.807) is 0 Å². The molecule has 0 bridgehead atoms. The van der Waals surface area contributed by atoms with E-state index in [0.717, 1.165) is 31.0 Å². The first-order valence-corrected chi connectivity index (χ1v) is 9.54. The van der Waals surface area contributed by atoms with Crippen molar-refractivity contribution in [3.8, 4) is 0 Å². The monoisotopic (exact) mass is 390 g/mol.